The monoisotopic (exact) mass is 370 g/mol. The molecule has 28 heavy (non-hydrogen) atoms. The first-order chi connectivity index (χ1) is 13.7. The Morgan fingerprint density at radius 1 is 0.893 bits per heavy atom. The number of ether oxygens (including phenoxy) is 1. The number of carbonyl (C=O) groups excluding carboxylic acids is 1. The third-order valence-corrected chi connectivity index (χ3v) is 4.44. The summed E-state index contributed by atoms with van der Waals surface area (Å²) in [5.74, 6) is 0.358. The highest BCUT2D eigenvalue weighted by Crippen LogP contribution is 2.26. The zero-order valence-corrected chi connectivity index (χ0v) is 15.0. The van der Waals surface area contributed by atoms with Crippen LogP contribution in [0.2, 0.25) is 0 Å². The van der Waals surface area contributed by atoms with Crippen LogP contribution in [0.1, 0.15) is 5.56 Å². The van der Waals surface area contributed by atoms with Crippen LogP contribution in [-0.2, 0) is 4.79 Å². The molecule has 4 aromatic carbocycles. The van der Waals surface area contributed by atoms with E-state index >= 15 is 0 Å². The summed E-state index contributed by atoms with van der Waals surface area (Å²) in [5.41, 5.74) is 2.99. The van der Waals surface area contributed by atoms with Gasteiger partial charge in [-0.2, -0.15) is 5.10 Å². The van der Waals surface area contributed by atoms with Gasteiger partial charge in [0.15, 0.2) is 6.61 Å². The molecule has 0 saturated carbocycles. The van der Waals surface area contributed by atoms with Crippen LogP contribution in [0.4, 0.5) is 0 Å². The molecule has 5 heteroatoms. The predicted octanol–water partition coefficient (Wildman–Crippen LogP) is 4.23. The lowest BCUT2D eigenvalue weighted by atomic mass is 10.0. The van der Waals surface area contributed by atoms with Gasteiger partial charge in [-0.15, -0.1) is 0 Å². The Kier molecular flexibility index (Phi) is 4.89. The summed E-state index contributed by atoms with van der Waals surface area (Å²) in [6.45, 7) is -0.160. The lowest BCUT2D eigenvalue weighted by Gasteiger charge is -2.08. The van der Waals surface area contributed by atoms with Crippen molar-refractivity contribution in [3.63, 3.8) is 0 Å². The number of carbonyl (C=O) groups is 1. The molecular weight excluding hydrogens is 352 g/mol. The van der Waals surface area contributed by atoms with Gasteiger partial charge in [-0.3, -0.25) is 4.79 Å². The molecule has 0 spiro atoms. The van der Waals surface area contributed by atoms with E-state index in [-0.39, 0.29) is 18.3 Å². The Morgan fingerprint density at radius 3 is 2.39 bits per heavy atom. The minimum atomic E-state index is -0.385. The van der Waals surface area contributed by atoms with Gasteiger partial charge in [0, 0.05) is 10.9 Å². The van der Waals surface area contributed by atoms with Gasteiger partial charge in [-0.05, 0) is 28.3 Å². The van der Waals surface area contributed by atoms with Crippen molar-refractivity contribution in [2.45, 2.75) is 0 Å². The second-order valence-corrected chi connectivity index (χ2v) is 6.28. The van der Waals surface area contributed by atoms with Crippen LogP contribution in [-0.4, -0.2) is 23.8 Å². The number of rotatable bonds is 5. The molecule has 0 aliphatic carbocycles. The van der Waals surface area contributed by atoms with Crippen molar-refractivity contribution in [2.24, 2.45) is 5.10 Å². The third kappa shape index (κ3) is 3.64. The van der Waals surface area contributed by atoms with Crippen molar-refractivity contribution in [2.75, 3.05) is 6.61 Å². The van der Waals surface area contributed by atoms with E-state index in [9.17, 15) is 9.90 Å². The summed E-state index contributed by atoms with van der Waals surface area (Å²) in [4.78, 5) is 12.1. The van der Waals surface area contributed by atoms with E-state index in [1.807, 2.05) is 72.8 Å². The number of nitrogens with zero attached hydrogens (tertiary/aromatic N) is 1. The van der Waals surface area contributed by atoms with Crippen LogP contribution < -0.4 is 10.2 Å². The number of phenols is 1. The summed E-state index contributed by atoms with van der Waals surface area (Å²) in [6.07, 6.45) is 1.44. The largest absolute Gasteiger partial charge is 0.507 e. The fourth-order valence-electron chi connectivity index (χ4n) is 3.09. The number of aromatic hydroxyl groups is 1. The lowest BCUT2D eigenvalue weighted by molar-refractivity contribution is -0.123. The van der Waals surface area contributed by atoms with Crippen LogP contribution in [0.25, 0.3) is 21.5 Å². The topological polar surface area (TPSA) is 70.9 Å². The Labute approximate surface area is 161 Å². The molecule has 0 bridgehead atoms. The van der Waals surface area contributed by atoms with E-state index in [0.29, 0.717) is 11.3 Å². The molecule has 0 unspecified atom stereocenters. The SMILES string of the molecule is O=C(COc1cccc2ccccc12)N/N=C/c1c(O)ccc2ccccc12. The molecule has 0 aliphatic heterocycles. The Morgan fingerprint density at radius 2 is 1.57 bits per heavy atom. The van der Waals surface area contributed by atoms with Gasteiger partial charge < -0.3 is 9.84 Å². The number of benzene rings is 4. The Hall–Kier alpha value is -3.86. The second-order valence-electron chi connectivity index (χ2n) is 6.28. The first kappa shape index (κ1) is 17.5. The molecule has 1 amide bonds. The molecule has 5 nitrogen and oxygen atoms in total. The van der Waals surface area contributed by atoms with E-state index in [2.05, 4.69) is 10.5 Å². The molecule has 2 N–H and O–H groups in total. The fourth-order valence-corrected chi connectivity index (χ4v) is 3.09. The highest BCUT2D eigenvalue weighted by molar-refractivity contribution is 6.02. The summed E-state index contributed by atoms with van der Waals surface area (Å²) in [6, 6.07) is 24.6. The van der Waals surface area contributed by atoms with Crippen LogP contribution in [0.3, 0.4) is 0 Å². The molecule has 0 fully saturated rings. The van der Waals surface area contributed by atoms with Gasteiger partial charge >= 0.3 is 0 Å². The van der Waals surface area contributed by atoms with E-state index in [1.54, 1.807) is 6.07 Å². The quantitative estimate of drug-likeness (QED) is 0.408. The van der Waals surface area contributed by atoms with E-state index in [1.165, 1.54) is 6.21 Å². The summed E-state index contributed by atoms with van der Waals surface area (Å²) >= 11 is 0. The summed E-state index contributed by atoms with van der Waals surface area (Å²) in [5, 5.41) is 17.9. The van der Waals surface area contributed by atoms with Crippen LogP contribution in [0.5, 0.6) is 11.5 Å². The number of hydrazone groups is 1. The molecule has 0 saturated heterocycles. The number of hydrogen-bond donors (Lipinski definition) is 2. The molecule has 0 aromatic heterocycles. The normalized spacial score (nSPS) is 11.1. The zero-order valence-electron chi connectivity index (χ0n) is 15.0. The number of fused-ring (bicyclic) bond motifs is 2. The second kappa shape index (κ2) is 7.80. The number of hydrogen-bond acceptors (Lipinski definition) is 4. The maximum absolute atomic E-state index is 12.1. The van der Waals surface area contributed by atoms with Crippen LogP contribution >= 0.6 is 0 Å². The first-order valence-corrected chi connectivity index (χ1v) is 8.85. The smallest absolute Gasteiger partial charge is 0.277 e. The lowest BCUT2D eigenvalue weighted by Crippen LogP contribution is -2.24. The molecule has 0 radical (unpaired) electrons. The molecular formula is C23H18N2O3. The molecule has 0 aliphatic rings. The highest BCUT2D eigenvalue weighted by atomic mass is 16.5. The number of amides is 1. The molecule has 4 rings (SSSR count). The Balaban J connectivity index is 1.43. The summed E-state index contributed by atoms with van der Waals surface area (Å²) in [7, 11) is 0. The number of nitrogens with one attached hydrogen (secondary N) is 1. The van der Waals surface area contributed by atoms with Crippen molar-refractivity contribution < 1.29 is 14.6 Å². The predicted molar refractivity (Wildman–Crippen MR) is 111 cm³/mol. The van der Waals surface area contributed by atoms with Crippen molar-refractivity contribution in [3.05, 3.63) is 84.4 Å². The minimum absolute atomic E-state index is 0.101. The molecule has 0 atom stereocenters. The zero-order chi connectivity index (χ0) is 19.3. The molecule has 0 heterocycles. The van der Waals surface area contributed by atoms with Crippen molar-refractivity contribution >= 4 is 33.7 Å². The van der Waals surface area contributed by atoms with Gasteiger partial charge in [-0.25, -0.2) is 5.43 Å². The van der Waals surface area contributed by atoms with Gasteiger partial charge in [-0.1, -0.05) is 66.7 Å². The van der Waals surface area contributed by atoms with E-state index in [4.69, 9.17) is 4.74 Å². The minimum Gasteiger partial charge on any atom is -0.507 e. The van der Waals surface area contributed by atoms with Gasteiger partial charge in [0.05, 0.1) is 6.21 Å². The van der Waals surface area contributed by atoms with Gasteiger partial charge in [0.1, 0.15) is 11.5 Å². The maximum Gasteiger partial charge on any atom is 0.277 e. The summed E-state index contributed by atoms with van der Waals surface area (Å²) < 4.78 is 5.64. The van der Waals surface area contributed by atoms with E-state index < -0.39 is 0 Å². The van der Waals surface area contributed by atoms with Crippen molar-refractivity contribution in [1.29, 1.82) is 0 Å². The van der Waals surface area contributed by atoms with Gasteiger partial charge in [0.25, 0.3) is 5.91 Å². The Bertz CT molecular complexity index is 1180. The maximum atomic E-state index is 12.1. The van der Waals surface area contributed by atoms with Gasteiger partial charge in [0.2, 0.25) is 0 Å². The third-order valence-electron chi connectivity index (χ3n) is 4.44. The number of phenolic OH excluding ortho intramolecular Hbond substituents is 1. The average Bonchev–Trinajstić information content (AvgIpc) is 2.74. The van der Waals surface area contributed by atoms with E-state index in [0.717, 1.165) is 21.5 Å². The van der Waals surface area contributed by atoms with Crippen LogP contribution in [0.15, 0.2) is 84.0 Å². The van der Waals surface area contributed by atoms with Crippen molar-refractivity contribution in [1.82, 2.24) is 5.43 Å². The molecule has 4 aromatic rings. The van der Waals surface area contributed by atoms with Crippen LogP contribution in [0, 0.1) is 0 Å². The molecule has 138 valence electrons. The van der Waals surface area contributed by atoms with Crippen molar-refractivity contribution in [3.8, 4) is 11.5 Å². The average molecular weight is 370 g/mol. The standard InChI is InChI=1S/C23H18N2O3/c26-21-13-12-17-7-1-3-9-18(17)20(21)14-24-25-23(27)15-28-22-11-5-8-16-6-2-4-10-19(16)22/h1-14,26H,15H2,(H,25,27)/b24-14+. The highest BCUT2D eigenvalue weighted by Gasteiger charge is 2.06. The first-order valence-electron chi connectivity index (χ1n) is 8.85. The fraction of sp³-hybridized carbons (Fsp3) is 0.0435.